The molecule has 9 heteroatoms. The fraction of sp³-hybridized carbons (Fsp3) is 0.261. The van der Waals surface area contributed by atoms with Crippen molar-refractivity contribution in [2.24, 2.45) is 0 Å². The molecule has 0 aliphatic heterocycles. The summed E-state index contributed by atoms with van der Waals surface area (Å²) < 4.78 is 39.7. The zero-order chi connectivity index (χ0) is 23.5. The Bertz CT molecular complexity index is 1120. The molecule has 3 aromatic rings. The van der Waals surface area contributed by atoms with Crippen LogP contribution < -0.4 is 5.32 Å². The van der Waals surface area contributed by atoms with Crippen LogP contribution in [0.2, 0.25) is 0 Å². The van der Waals surface area contributed by atoms with Gasteiger partial charge in [0.15, 0.2) is 0 Å². The molecule has 0 saturated heterocycles. The number of benzene rings is 2. The van der Waals surface area contributed by atoms with Crippen molar-refractivity contribution in [2.45, 2.75) is 39.4 Å². The van der Waals surface area contributed by atoms with Gasteiger partial charge in [0, 0.05) is 22.5 Å². The number of anilines is 1. The molecule has 6 nitrogen and oxygen atoms in total. The number of carboxylic acid groups (broad SMARTS) is 1. The van der Waals surface area contributed by atoms with Gasteiger partial charge in [-0.25, -0.2) is 0 Å². The molecule has 2 aromatic carbocycles. The first kappa shape index (κ1) is 23.1. The van der Waals surface area contributed by atoms with E-state index in [1.165, 1.54) is 0 Å². The standard InChI is InChI=1S/C23H22F3N3O3/c1-3-20-19(12-21(30)31)14(2)29(28-20)13-15-4-10-18(11-5-15)27-22(32)16-6-8-17(9-7-16)23(24,25)26/h4-11H,3,12-13H2,1-2H3,(H,27,32)(H,30,31). The molecule has 0 aliphatic rings. The number of aryl methyl sites for hydroxylation is 1. The highest BCUT2D eigenvalue weighted by Gasteiger charge is 2.30. The zero-order valence-electron chi connectivity index (χ0n) is 17.5. The first-order valence-corrected chi connectivity index (χ1v) is 9.93. The van der Waals surface area contributed by atoms with Crippen molar-refractivity contribution in [3.63, 3.8) is 0 Å². The van der Waals surface area contributed by atoms with Gasteiger partial charge in [-0.05, 0) is 55.3 Å². The van der Waals surface area contributed by atoms with Crippen LogP contribution in [0.15, 0.2) is 48.5 Å². The number of nitrogens with one attached hydrogen (secondary N) is 1. The number of carbonyl (C=O) groups is 2. The van der Waals surface area contributed by atoms with E-state index in [1.54, 1.807) is 28.9 Å². The highest BCUT2D eigenvalue weighted by Crippen LogP contribution is 2.29. The Balaban J connectivity index is 1.68. The van der Waals surface area contributed by atoms with E-state index in [0.29, 0.717) is 18.7 Å². The number of halogens is 3. The Hall–Kier alpha value is -3.62. The molecular formula is C23H22F3N3O3. The minimum absolute atomic E-state index is 0.0794. The second-order valence-electron chi connectivity index (χ2n) is 7.32. The molecule has 0 bridgehead atoms. The summed E-state index contributed by atoms with van der Waals surface area (Å²) in [4.78, 5) is 23.4. The van der Waals surface area contributed by atoms with Crippen molar-refractivity contribution in [3.05, 3.63) is 82.2 Å². The van der Waals surface area contributed by atoms with E-state index >= 15 is 0 Å². The lowest BCUT2D eigenvalue weighted by atomic mass is 10.1. The molecule has 0 saturated carbocycles. The molecule has 0 radical (unpaired) electrons. The number of hydrogen-bond acceptors (Lipinski definition) is 3. The number of rotatable bonds is 7. The Labute approximate surface area is 182 Å². The van der Waals surface area contributed by atoms with Gasteiger partial charge < -0.3 is 10.4 Å². The summed E-state index contributed by atoms with van der Waals surface area (Å²) in [5, 5.41) is 16.3. The number of amides is 1. The number of aliphatic carboxylic acids is 1. The summed E-state index contributed by atoms with van der Waals surface area (Å²) in [7, 11) is 0. The topological polar surface area (TPSA) is 84.2 Å². The molecule has 0 fully saturated rings. The Morgan fingerprint density at radius 1 is 1.06 bits per heavy atom. The number of aromatic nitrogens is 2. The SMILES string of the molecule is CCc1nn(Cc2ccc(NC(=O)c3ccc(C(F)(F)F)cc3)cc2)c(C)c1CC(=O)O. The lowest BCUT2D eigenvalue weighted by Crippen LogP contribution is -2.13. The molecule has 168 valence electrons. The molecule has 1 aromatic heterocycles. The molecule has 1 amide bonds. The van der Waals surface area contributed by atoms with Crippen LogP contribution in [0.5, 0.6) is 0 Å². The highest BCUT2D eigenvalue weighted by atomic mass is 19.4. The van der Waals surface area contributed by atoms with Crippen molar-refractivity contribution < 1.29 is 27.9 Å². The van der Waals surface area contributed by atoms with Crippen LogP contribution in [0.1, 0.15) is 45.4 Å². The maximum atomic E-state index is 12.7. The van der Waals surface area contributed by atoms with Crippen LogP contribution in [0.25, 0.3) is 0 Å². The summed E-state index contributed by atoms with van der Waals surface area (Å²) in [6.45, 7) is 4.19. The van der Waals surface area contributed by atoms with Gasteiger partial charge in [-0.15, -0.1) is 0 Å². The smallest absolute Gasteiger partial charge is 0.416 e. The average molecular weight is 445 g/mol. The van der Waals surface area contributed by atoms with Crippen molar-refractivity contribution in [1.29, 1.82) is 0 Å². The van der Waals surface area contributed by atoms with Gasteiger partial charge in [0.1, 0.15) is 0 Å². The van der Waals surface area contributed by atoms with Gasteiger partial charge in [0.05, 0.1) is 24.2 Å². The second-order valence-corrected chi connectivity index (χ2v) is 7.32. The summed E-state index contributed by atoms with van der Waals surface area (Å²) in [6, 6.07) is 11.0. The predicted molar refractivity (Wildman–Crippen MR) is 113 cm³/mol. The molecule has 0 atom stereocenters. The first-order valence-electron chi connectivity index (χ1n) is 9.93. The van der Waals surface area contributed by atoms with Gasteiger partial charge in [-0.1, -0.05) is 19.1 Å². The highest BCUT2D eigenvalue weighted by molar-refractivity contribution is 6.04. The van der Waals surface area contributed by atoms with Gasteiger partial charge in [-0.2, -0.15) is 18.3 Å². The number of carbonyl (C=O) groups excluding carboxylic acids is 1. The monoisotopic (exact) mass is 445 g/mol. The van der Waals surface area contributed by atoms with Crippen LogP contribution in [-0.4, -0.2) is 26.8 Å². The number of carboxylic acids is 1. The van der Waals surface area contributed by atoms with Crippen molar-refractivity contribution in [1.82, 2.24) is 9.78 Å². The Morgan fingerprint density at radius 3 is 2.22 bits per heavy atom. The van der Waals surface area contributed by atoms with Crippen molar-refractivity contribution in [2.75, 3.05) is 5.32 Å². The van der Waals surface area contributed by atoms with Gasteiger partial charge in [0.2, 0.25) is 0 Å². The normalized spacial score (nSPS) is 11.4. The largest absolute Gasteiger partial charge is 0.481 e. The summed E-state index contributed by atoms with van der Waals surface area (Å²) in [5.74, 6) is -1.42. The zero-order valence-corrected chi connectivity index (χ0v) is 17.5. The fourth-order valence-electron chi connectivity index (χ4n) is 3.35. The van der Waals surface area contributed by atoms with E-state index in [1.807, 2.05) is 13.8 Å². The molecule has 32 heavy (non-hydrogen) atoms. The van der Waals surface area contributed by atoms with E-state index in [0.717, 1.165) is 46.8 Å². The number of nitrogens with zero attached hydrogens (tertiary/aromatic N) is 2. The van der Waals surface area contributed by atoms with Crippen LogP contribution in [-0.2, 0) is 30.4 Å². The predicted octanol–water partition coefficient (Wildman–Crippen LogP) is 4.70. The third kappa shape index (κ3) is 5.35. The lowest BCUT2D eigenvalue weighted by molar-refractivity contribution is -0.138. The van der Waals surface area contributed by atoms with Crippen LogP contribution in [0, 0.1) is 6.92 Å². The quantitative estimate of drug-likeness (QED) is 0.552. The molecule has 2 N–H and O–H groups in total. The van der Waals surface area contributed by atoms with Crippen molar-refractivity contribution in [3.8, 4) is 0 Å². The van der Waals surface area contributed by atoms with Gasteiger partial charge in [0.25, 0.3) is 5.91 Å². The van der Waals surface area contributed by atoms with E-state index in [2.05, 4.69) is 10.4 Å². The van der Waals surface area contributed by atoms with Crippen LogP contribution >= 0.6 is 0 Å². The molecule has 3 rings (SSSR count). The second kappa shape index (κ2) is 9.25. The van der Waals surface area contributed by atoms with Crippen LogP contribution in [0.3, 0.4) is 0 Å². The third-order valence-corrected chi connectivity index (χ3v) is 5.10. The molecule has 0 unspecified atom stereocenters. The number of alkyl halides is 3. The van der Waals surface area contributed by atoms with E-state index in [4.69, 9.17) is 5.11 Å². The maximum absolute atomic E-state index is 12.7. The molecule has 1 heterocycles. The summed E-state index contributed by atoms with van der Waals surface area (Å²) in [6.07, 6.45) is -3.90. The lowest BCUT2D eigenvalue weighted by Gasteiger charge is -2.09. The number of hydrogen-bond donors (Lipinski definition) is 2. The van der Waals surface area contributed by atoms with E-state index < -0.39 is 23.6 Å². The Morgan fingerprint density at radius 2 is 1.69 bits per heavy atom. The summed E-state index contributed by atoms with van der Waals surface area (Å²) in [5.41, 5.74) is 2.97. The summed E-state index contributed by atoms with van der Waals surface area (Å²) >= 11 is 0. The van der Waals surface area contributed by atoms with Gasteiger partial charge in [-0.3, -0.25) is 14.3 Å². The minimum Gasteiger partial charge on any atom is -0.481 e. The maximum Gasteiger partial charge on any atom is 0.416 e. The molecule has 0 spiro atoms. The Kier molecular flexibility index (Phi) is 6.67. The van der Waals surface area contributed by atoms with E-state index in [9.17, 15) is 22.8 Å². The first-order chi connectivity index (χ1) is 15.1. The van der Waals surface area contributed by atoms with Crippen LogP contribution in [0.4, 0.5) is 18.9 Å². The average Bonchev–Trinajstić information content (AvgIpc) is 3.03. The van der Waals surface area contributed by atoms with E-state index in [-0.39, 0.29) is 12.0 Å². The molecular weight excluding hydrogens is 423 g/mol. The molecule has 0 aliphatic carbocycles. The van der Waals surface area contributed by atoms with Gasteiger partial charge >= 0.3 is 12.1 Å². The minimum atomic E-state index is -4.45. The van der Waals surface area contributed by atoms with Crippen molar-refractivity contribution >= 4 is 17.6 Å². The third-order valence-electron chi connectivity index (χ3n) is 5.10. The fourth-order valence-corrected chi connectivity index (χ4v) is 3.35.